The molecule has 0 bridgehead atoms. The Bertz CT molecular complexity index is 717. The summed E-state index contributed by atoms with van der Waals surface area (Å²) in [7, 11) is 0. The zero-order valence-electron chi connectivity index (χ0n) is 9.56. The van der Waals surface area contributed by atoms with Crippen molar-refractivity contribution in [2.24, 2.45) is 0 Å². The minimum Gasteiger partial charge on any atom is -0.301 e. The number of halogens is 2. The van der Waals surface area contributed by atoms with Gasteiger partial charge in [-0.1, -0.05) is 0 Å². The van der Waals surface area contributed by atoms with E-state index in [1.807, 2.05) is 6.92 Å². The first-order chi connectivity index (χ1) is 8.65. The maximum absolute atomic E-state index is 13.2. The number of rotatable bonds is 1. The van der Waals surface area contributed by atoms with Gasteiger partial charge in [-0.2, -0.15) is 0 Å². The van der Waals surface area contributed by atoms with Crippen molar-refractivity contribution in [1.29, 1.82) is 0 Å². The molecule has 0 atom stereocenters. The normalized spacial score (nSPS) is 11.1. The molecule has 90 valence electrons. The zero-order valence-corrected chi connectivity index (χ0v) is 9.56. The summed E-state index contributed by atoms with van der Waals surface area (Å²) in [6, 6.07) is 5.83. The molecule has 0 saturated carbocycles. The molecule has 0 aliphatic carbocycles. The summed E-state index contributed by atoms with van der Waals surface area (Å²) in [5.74, 6) is -0.729. The van der Waals surface area contributed by atoms with Crippen LogP contribution in [-0.2, 0) is 0 Å². The van der Waals surface area contributed by atoms with Gasteiger partial charge in [0.15, 0.2) is 0 Å². The van der Waals surface area contributed by atoms with Crippen LogP contribution in [0, 0.1) is 18.6 Å². The van der Waals surface area contributed by atoms with Crippen molar-refractivity contribution < 1.29 is 8.78 Å². The van der Waals surface area contributed by atoms with Crippen LogP contribution in [0.3, 0.4) is 0 Å². The van der Waals surface area contributed by atoms with Gasteiger partial charge < -0.3 is 4.40 Å². The largest absolute Gasteiger partial charge is 0.301 e. The van der Waals surface area contributed by atoms with Gasteiger partial charge in [-0.15, -0.1) is 0 Å². The summed E-state index contributed by atoms with van der Waals surface area (Å²) in [6.45, 7) is 1.82. The van der Waals surface area contributed by atoms with E-state index < -0.39 is 5.82 Å². The van der Waals surface area contributed by atoms with Crippen molar-refractivity contribution in [3.63, 3.8) is 0 Å². The molecular formula is C13H9F2N3. The Morgan fingerprint density at radius 3 is 2.56 bits per heavy atom. The minimum atomic E-state index is -0.397. The van der Waals surface area contributed by atoms with Crippen LogP contribution in [0.25, 0.3) is 17.0 Å². The standard InChI is InChI=1S/C13H9F2N3/c1-8-13(11-4-2-9(14)6-16-11)17-12-5-3-10(15)7-18(8)12/h2-7H,1H3. The van der Waals surface area contributed by atoms with Gasteiger partial charge in [0.05, 0.1) is 11.9 Å². The molecule has 5 heteroatoms. The number of aromatic nitrogens is 3. The summed E-state index contributed by atoms with van der Waals surface area (Å²) in [4.78, 5) is 8.35. The molecule has 0 aliphatic heterocycles. The summed E-state index contributed by atoms with van der Waals surface area (Å²) in [6.07, 6.45) is 2.50. The molecule has 0 spiro atoms. The monoisotopic (exact) mass is 245 g/mol. The van der Waals surface area contributed by atoms with Gasteiger partial charge in [0.25, 0.3) is 0 Å². The Morgan fingerprint density at radius 1 is 1.06 bits per heavy atom. The van der Waals surface area contributed by atoms with Gasteiger partial charge >= 0.3 is 0 Å². The Kier molecular flexibility index (Phi) is 2.33. The van der Waals surface area contributed by atoms with Crippen LogP contribution in [-0.4, -0.2) is 14.4 Å². The van der Waals surface area contributed by atoms with E-state index in [2.05, 4.69) is 9.97 Å². The molecule has 0 N–H and O–H groups in total. The van der Waals surface area contributed by atoms with Crippen molar-refractivity contribution in [3.8, 4) is 11.4 Å². The van der Waals surface area contributed by atoms with Crippen LogP contribution in [0.4, 0.5) is 8.78 Å². The predicted molar refractivity (Wildman–Crippen MR) is 63.1 cm³/mol. The Balaban J connectivity index is 2.23. The second kappa shape index (κ2) is 3.87. The van der Waals surface area contributed by atoms with E-state index in [0.29, 0.717) is 17.0 Å². The van der Waals surface area contributed by atoms with Gasteiger partial charge in [-0.3, -0.25) is 4.98 Å². The molecule has 18 heavy (non-hydrogen) atoms. The number of imidazole rings is 1. The van der Waals surface area contributed by atoms with Crippen LogP contribution in [0.1, 0.15) is 5.69 Å². The predicted octanol–water partition coefficient (Wildman–Crippen LogP) is 2.98. The Morgan fingerprint density at radius 2 is 1.83 bits per heavy atom. The second-order valence-electron chi connectivity index (χ2n) is 3.98. The highest BCUT2D eigenvalue weighted by atomic mass is 19.1. The first kappa shape index (κ1) is 10.8. The van der Waals surface area contributed by atoms with E-state index in [9.17, 15) is 8.78 Å². The van der Waals surface area contributed by atoms with Crippen molar-refractivity contribution in [2.45, 2.75) is 6.92 Å². The quantitative estimate of drug-likeness (QED) is 0.659. The average Bonchev–Trinajstić information content (AvgIpc) is 2.68. The third kappa shape index (κ3) is 1.64. The van der Waals surface area contributed by atoms with Crippen LogP contribution >= 0.6 is 0 Å². The molecule has 0 unspecified atom stereocenters. The summed E-state index contributed by atoms with van der Waals surface area (Å²) in [5.41, 5.74) is 2.59. The maximum Gasteiger partial charge on any atom is 0.141 e. The lowest BCUT2D eigenvalue weighted by atomic mass is 10.2. The SMILES string of the molecule is Cc1c(-c2ccc(F)cn2)nc2ccc(F)cn12. The number of hydrogen-bond donors (Lipinski definition) is 0. The number of nitrogens with zero attached hydrogens (tertiary/aromatic N) is 3. The highest BCUT2D eigenvalue weighted by molar-refractivity contribution is 5.62. The highest BCUT2D eigenvalue weighted by Crippen LogP contribution is 2.22. The Hall–Kier alpha value is -2.30. The van der Waals surface area contributed by atoms with E-state index in [1.54, 1.807) is 16.5 Å². The minimum absolute atomic E-state index is 0.332. The molecule has 3 nitrogen and oxygen atoms in total. The summed E-state index contributed by atoms with van der Waals surface area (Å²) < 4.78 is 27.6. The van der Waals surface area contributed by atoms with Gasteiger partial charge in [-0.25, -0.2) is 13.8 Å². The fourth-order valence-electron chi connectivity index (χ4n) is 1.89. The summed E-state index contributed by atoms with van der Waals surface area (Å²) in [5, 5.41) is 0. The Labute approximate surface area is 102 Å². The van der Waals surface area contributed by atoms with E-state index in [4.69, 9.17) is 0 Å². The maximum atomic E-state index is 13.2. The van der Waals surface area contributed by atoms with Gasteiger partial charge in [-0.05, 0) is 31.2 Å². The first-order valence-corrected chi connectivity index (χ1v) is 5.41. The van der Waals surface area contributed by atoms with Crippen molar-refractivity contribution >= 4 is 5.65 Å². The van der Waals surface area contributed by atoms with E-state index >= 15 is 0 Å². The molecule has 3 aromatic heterocycles. The molecule has 0 radical (unpaired) electrons. The van der Waals surface area contributed by atoms with Crippen LogP contribution in [0.2, 0.25) is 0 Å². The third-order valence-corrected chi connectivity index (χ3v) is 2.79. The molecule has 0 saturated heterocycles. The fourth-order valence-corrected chi connectivity index (χ4v) is 1.89. The number of pyridine rings is 2. The number of fused-ring (bicyclic) bond motifs is 1. The lowest BCUT2D eigenvalue weighted by molar-refractivity contribution is 0.618. The summed E-state index contributed by atoms with van der Waals surface area (Å²) >= 11 is 0. The lowest BCUT2D eigenvalue weighted by Gasteiger charge is -1.98. The third-order valence-electron chi connectivity index (χ3n) is 2.79. The molecule has 0 amide bonds. The smallest absolute Gasteiger partial charge is 0.141 e. The molecule has 3 rings (SSSR count). The van der Waals surface area contributed by atoms with Crippen LogP contribution in [0.5, 0.6) is 0 Å². The number of hydrogen-bond acceptors (Lipinski definition) is 2. The zero-order chi connectivity index (χ0) is 12.7. The van der Waals surface area contributed by atoms with Gasteiger partial charge in [0.2, 0.25) is 0 Å². The molecule has 0 fully saturated rings. The molecule has 3 aromatic rings. The molecule has 3 heterocycles. The molecular weight excluding hydrogens is 236 g/mol. The van der Waals surface area contributed by atoms with Crippen molar-refractivity contribution in [3.05, 3.63) is 54.0 Å². The van der Waals surface area contributed by atoms with E-state index in [1.165, 1.54) is 18.3 Å². The first-order valence-electron chi connectivity index (χ1n) is 5.41. The van der Waals surface area contributed by atoms with E-state index in [-0.39, 0.29) is 5.82 Å². The van der Waals surface area contributed by atoms with Crippen molar-refractivity contribution in [1.82, 2.24) is 14.4 Å². The average molecular weight is 245 g/mol. The van der Waals surface area contributed by atoms with Gasteiger partial charge in [0.1, 0.15) is 23.0 Å². The highest BCUT2D eigenvalue weighted by Gasteiger charge is 2.11. The molecule has 0 aromatic carbocycles. The second-order valence-corrected chi connectivity index (χ2v) is 3.98. The topological polar surface area (TPSA) is 30.2 Å². The lowest BCUT2D eigenvalue weighted by Crippen LogP contribution is -1.90. The van der Waals surface area contributed by atoms with Crippen LogP contribution < -0.4 is 0 Å². The fraction of sp³-hybridized carbons (Fsp3) is 0.0769. The number of aryl methyl sites for hydroxylation is 1. The van der Waals surface area contributed by atoms with Crippen molar-refractivity contribution in [2.75, 3.05) is 0 Å². The van der Waals surface area contributed by atoms with Gasteiger partial charge in [0, 0.05) is 11.9 Å². The van der Waals surface area contributed by atoms with E-state index in [0.717, 1.165) is 11.9 Å². The molecule has 0 aliphatic rings. The van der Waals surface area contributed by atoms with Crippen LogP contribution in [0.15, 0.2) is 36.7 Å².